The highest BCUT2D eigenvalue weighted by Gasteiger charge is 2.27. The van der Waals surface area contributed by atoms with E-state index < -0.39 is 6.04 Å². The van der Waals surface area contributed by atoms with Gasteiger partial charge in [-0.05, 0) is 25.7 Å². The van der Waals surface area contributed by atoms with Gasteiger partial charge in [0.2, 0.25) is 5.91 Å². The summed E-state index contributed by atoms with van der Waals surface area (Å²) in [5.41, 5.74) is 6.44. The lowest BCUT2D eigenvalue weighted by Gasteiger charge is -2.32. The summed E-state index contributed by atoms with van der Waals surface area (Å²) in [6.07, 6.45) is 1.79. The molecule has 21 heavy (non-hydrogen) atoms. The average molecular weight is 298 g/mol. The summed E-state index contributed by atoms with van der Waals surface area (Å²) in [6.45, 7) is 11.6. The maximum absolute atomic E-state index is 12.4. The molecule has 0 aromatic heterocycles. The molecule has 0 fully saturated rings. The van der Waals surface area contributed by atoms with E-state index in [1.54, 1.807) is 31.9 Å². The molecule has 2 atom stereocenters. The van der Waals surface area contributed by atoms with E-state index in [0.29, 0.717) is 12.2 Å². The van der Waals surface area contributed by atoms with E-state index >= 15 is 0 Å². The summed E-state index contributed by atoms with van der Waals surface area (Å²) < 4.78 is 4.97. The third-order valence-corrected chi connectivity index (χ3v) is 3.50. The Balaban J connectivity index is 5.19. The van der Waals surface area contributed by atoms with E-state index in [-0.39, 0.29) is 29.8 Å². The minimum Gasteiger partial charge on any atom is -0.463 e. The predicted molar refractivity (Wildman–Crippen MR) is 84.6 cm³/mol. The standard InChI is InChI=1S/C16H30N2O3/c1-8-21-16(20)12(6)9-13(10(2)3)18(7)15(19)14(17)11(4)5/h9-11,13-14H,8,17H2,1-7H3/t13-,14+/m1/s1. The van der Waals surface area contributed by atoms with E-state index in [1.165, 1.54) is 0 Å². The van der Waals surface area contributed by atoms with Gasteiger partial charge in [-0.25, -0.2) is 4.79 Å². The second-order valence-corrected chi connectivity index (χ2v) is 6.02. The molecule has 0 aliphatic rings. The van der Waals surface area contributed by atoms with Crippen LogP contribution in [-0.2, 0) is 14.3 Å². The first-order chi connectivity index (χ1) is 9.63. The van der Waals surface area contributed by atoms with Crippen molar-refractivity contribution in [2.45, 2.75) is 53.6 Å². The van der Waals surface area contributed by atoms with Crippen LogP contribution in [0.2, 0.25) is 0 Å². The molecule has 5 nitrogen and oxygen atoms in total. The fourth-order valence-corrected chi connectivity index (χ4v) is 1.99. The minimum atomic E-state index is -0.535. The van der Waals surface area contributed by atoms with Gasteiger partial charge in [-0.2, -0.15) is 0 Å². The Kier molecular flexibility index (Phi) is 8.25. The monoisotopic (exact) mass is 298 g/mol. The van der Waals surface area contributed by atoms with Gasteiger partial charge in [-0.1, -0.05) is 33.8 Å². The SMILES string of the molecule is CCOC(=O)C(C)=C[C@H](C(C)C)N(C)C(=O)[C@@H](N)C(C)C. The maximum Gasteiger partial charge on any atom is 0.333 e. The van der Waals surface area contributed by atoms with Crippen LogP contribution in [0, 0.1) is 11.8 Å². The summed E-state index contributed by atoms with van der Waals surface area (Å²) in [6, 6.07) is -0.723. The molecule has 0 bridgehead atoms. The number of amides is 1. The third kappa shape index (κ3) is 5.87. The fourth-order valence-electron chi connectivity index (χ4n) is 1.99. The molecule has 0 aliphatic heterocycles. The topological polar surface area (TPSA) is 72.6 Å². The Bertz CT molecular complexity index is 389. The first-order valence-electron chi connectivity index (χ1n) is 7.51. The van der Waals surface area contributed by atoms with E-state index in [9.17, 15) is 9.59 Å². The molecule has 0 saturated heterocycles. The van der Waals surface area contributed by atoms with Gasteiger partial charge >= 0.3 is 5.97 Å². The first kappa shape index (κ1) is 19.6. The molecular formula is C16H30N2O3. The molecule has 0 aromatic carbocycles. The Morgan fingerprint density at radius 2 is 1.71 bits per heavy atom. The highest BCUT2D eigenvalue weighted by molar-refractivity contribution is 5.88. The number of likely N-dealkylation sites (N-methyl/N-ethyl adjacent to an activating group) is 1. The van der Waals surface area contributed by atoms with Gasteiger partial charge in [0.25, 0.3) is 0 Å². The summed E-state index contributed by atoms with van der Waals surface area (Å²) in [5, 5.41) is 0. The third-order valence-electron chi connectivity index (χ3n) is 3.50. The Morgan fingerprint density at radius 1 is 1.19 bits per heavy atom. The molecule has 0 radical (unpaired) electrons. The highest BCUT2D eigenvalue weighted by atomic mass is 16.5. The summed E-state index contributed by atoms with van der Waals surface area (Å²) in [7, 11) is 1.73. The minimum absolute atomic E-state index is 0.0721. The van der Waals surface area contributed by atoms with Crippen LogP contribution in [0.25, 0.3) is 0 Å². The van der Waals surface area contributed by atoms with Crippen molar-refractivity contribution in [2.24, 2.45) is 17.6 Å². The molecule has 0 heterocycles. The first-order valence-corrected chi connectivity index (χ1v) is 7.51. The predicted octanol–water partition coefficient (Wildman–Crippen LogP) is 1.96. The van der Waals surface area contributed by atoms with Gasteiger partial charge in [0.15, 0.2) is 0 Å². The second kappa shape index (κ2) is 8.82. The summed E-state index contributed by atoms with van der Waals surface area (Å²) in [5.74, 6) is -0.223. The lowest BCUT2D eigenvalue weighted by molar-refractivity contribution is -0.139. The second-order valence-electron chi connectivity index (χ2n) is 6.02. The van der Waals surface area contributed by atoms with E-state index in [2.05, 4.69) is 0 Å². The molecule has 5 heteroatoms. The van der Waals surface area contributed by atoms with Crippen LogP contribution in [0.3, 0.4) is 0 Å². The quantitative estimate of drug-likeness (QED) is 0.576. The fraction of sp³-hybridized carbons (Fsp3) is 0.750. The van der Waals surface area contributed by atoms with Crippen molar-refractivity contribution in [1.82, 2.24) is 4.90 Å². The van der Waals surface area contributed by atoms with E-state index in [1.807, 2.05) is 27.7 Å². The zero-order chi connectivity index (χ0) is 16.7. The van der Waals surface area contributed by atoms with Crippen molar-refractivity contribution in [3.63, 3.8) is 0 Å². The van der Waals surface area contributed by atoms with Gasteiger partial charge in [-0.3, -0.25) is 4.79 Å². The van der Waals surface area contributed by atoms with Crippen molar-refractivity contribution >= 4 is 11.9 Å². The van der Waals surface area contributed by atoms with E-state index in [4.69, 9.17) is 10.5 Å². The van der Waals surface area contributed by atoms with Crippen molar-refractivity contribution in [3.8, 4) is 0 Å². The van der Waals surface area contributed by atoms with Crippen LogP contribution in [0.5, 0.6) is 0 Å². The zero-order valence-electron chi connectivity index (χ0n) is 14.3. The molecule has 2 N–H and O–H groups in total. The molecule has 0 aliphatic carbocycles. The zero-order valence-corrected chi connectivity index (χ0v) is 14.3. The molecule has 0 rings (SSSR count). The van der Waals surface area contributed by atoms with Crippen LogP contribution >= 0.6 is 0 Å². The van der Waals surface area contributed by atoms with Crippen LogP contribution in [-0.4, -0.2) is 42.5 Å². The summed E-state index contributed by atoms with van der Waals surface area (Å²) in [4.78, 5) is 25.7. The van der Waals surface area contributed by atoms with Crippen molar-refractivity contribution < 1.29 is 14.3 Å². The number of carbonyl (C=O) groups excluding carboxylic acids is 2. The Labute approximate surface area is 128 Å². The number of hydrogen-bond donors (Lipinski definition) is 1. The molecule has 0 aromatic rings. The smallest absolute Gasteiger partial charge is 0.333 e. The number of ether oxygens (including phenoxy) is 1. The van der Waals surface area contributed by atoms with Crippen molar-refractivity contribution in [3.05, 3.63) is 11.6 Å². The average Bonchev–Trinajstić information content (AvgIpc) is 2.41. The summed E-state index contributed by atoms with van der Waals surface area (Å²) >= 11 is 0. The number of hydrogen-bond acceptors (Lipinski definition) is 4. The Morgan fingerprint density at radius 3 is 2.10 bits per heavy atom. The molecular weight excluding hydrogens is 268 g/mol. The van der Waals surface area contributed by atoms with Crippen LogP contribution in [0.1, 0.15) is 41.5 Å². The molecule has 0 spiro atoms. The number of rotatable bonds is 7. The normalized spacial score (nSPS) is 15.0. The maximum atomic E-state index is 12.4. The van der Waals surface area contributed by atoms with Crippen LogP contribution in [0.15, 0.2) is 11.6 Å². The number of esters is 1. The molecule has 122 valence electrons. The molecule has 0 unspecified atom stereocenters. The lowest BCUT2D eigenvalue weighted by Crippen LogP contribution is -2.49. The number of nitrogens with zero attached hydrogens (tertiary/aromatic N) is 1. The van der Waals surface area contributed by atoms with Crippen molar-refractivity contribution in [1.29, 1.82) is 0 Å². The largest absolute Gasteiger partial charge is 0.463 e. The highest BCUT2D eigenvalue weighted by Crippen LogP contribution is 2.16. The van der Waals surface area contributed by atoms with Gasteiger partial charge < -0.3 is 15.4 Å². The molecule has 1 amide bonds. The van der Waals surface area contributed by atoms with Gasteiger partial charge in [-0.15, -0.1) is 0 Å². The van der Waals surface area contributed by atoms with Crippen LogP contribution < -0.4 is 5.73 Å². The number of carbonyl (C=O) groups is 2. The van der Waals surface area contributed by atoms with Gasteiger partial charge in [0.1, 0.15) is 0 Å². The molecule has 0 saturated carbocycles. The van der Waals surface area contributed by atoms with Crippen molar-refractivity contribution in [2.75, 3.05) is 13.7 Å². The van der Waals surface area contributed by atoms with E-state index in [0.717, 1.165) is 0 Å². The van der Waals surface area contributed by atoms with Gasteiger partial charge in [0.05, 0.1) is 18.7 Å². The van der Waals surface area contributed by atoms with Gasteiger partial charge in [0, 0.05) is 12.6 Å². The van der Waals surface area contributed by atoms with Crippen LogP contribution in [0.4, 0.5) is 0 Å². The number of nitrogens with two attached hydrogens (primary N) is 1. The Hall–Kier alpha value is -1.36. The lowest BCUT2D eigenvalue weighted by atomic mass is 9.97.